The smallest absolute Gasteiger partial charge is 0.242 e. The lowest BCUT2D eigenvalue weighted by atomic mass is 10.2. The van der Waals surface area contributed by atoms with Gasteiger partial charge in [0.25, 0.3) is 0 Å². The molecule has 1 fully saturated rings. The molecule has 0 aliphatic carbocycles. The summed E-state index contributed by atoms with van der Waals surface area (Å²) < 4.78 is 27.5. The fourth-order valence-corrected chi connectivity index (χ4v) is 5.51. The van der Waals surface area contributed by atoms with Crippen molar-refractivity contribution in [3.8, 4) is 0 Å². The van der Waals surface area contributed by atoms with Crippen LogP contribution in [0.4, 0.5) is 0 Å². The Bertz CT molecular complexity index is 602. The first kappa shape index (κ1) is 17.4. The van der Waals surface area contributed by atoms with Crippen LogP contribution in [0.1, 0.15) is 18.4 Å². The summed E-state index contributed by atoms with van der Waals surface area (Å²) in [7, 11) is -1.86. The highest BCUT2D eigenvalue weighted by Gasteiger charge is 2.23. The number of halogens is 2. The van der Waals surface area contributed by atoms with Crippen molar-refractivity contribution in [2.75, 3.05) is 19.3 Å². The SMILES string of the molecule is CNCc1c(Cl)ccc(S(=O)(=O)NCC2CCCS2)c1Cl. The molecule has 1 atom stereocenters. The van der Waals surface area contributed by atoms with Crippen molar-refractivity contribution < 1.29 is 8.42 Å². The Morgan fingerprint density at radius 1 is 1.38 bits per heavy atom. The summed E-state index contributed by atoms with van der Waals surface area (Å²) in [6.45, 7) is 0.854. The van der Waals surface area contributed by atoms with Crippen molar-refractivity contribution in [1.29, 1.82) is 0 Å². The number of benzene rings is 1. The van der Waals surface area contributed by atoms with Gasteiger partial charge in [-0.15, -0.1) is 0 Å². The lowest BCUT2D eigenvalue weighted by molar-refractivity contribution is 0.579. The van der Waals surface area contributed by atoms with E-state index in [9.17, 15) is 8.42 Å². The second-order valence-corrected chi connectivity index (χ2v) is 8.78. The highest BCUT2D eigenvalue weighted by molar-refractivity contribution is 8.00. The molecule has 0 amide bonds. The number of thioether (sulfide) groups is 1. The van der Waals surface area contributed by atoms with E-state index < -0.39 is 10.0 Å². The van der Waals surface area contributed by atoms with Gasteiger partial charge < -0.3 is 5.32 Å². The van der Waals surface area contributed by atoms with E-state index in [1.54, 1.807) is 24.9 Å². The van der Waals surface area contributed by atoms with E-state index in [0.717, 1.165) is 18.6 Å². The fourth-order valence-electron chi connectivity index (χ4n) is 2.21. The third-order valence-electron chi connectivity index (χ3n) is 3.32. The molecule has 1 unspecified atom stereocenters. The maximum Gasteiger partial charge on any atom is 0.242 e. The zero-order valence-electron chi connectivity index (χ0n) is 11.7. The van der Waals surface area contributed by atoms with E-state index in [1.807, 2.05) is 0 Å². The molecule has 0 saturated carbocycles. The molecule has 0 bridgehead atoms. The molecule has 21 heavy (non-hydrogen) atoms. The van der Waals surface area contributed by atoms with Crippen LogP contribution in [-0.2, 0) is 16.6 Å². The van der Waals surface area contributed by atoms with Crippen LogP contribution in [0.15, 0.2) is 17.0 Å². The monoisotopic (exact) mass is 368 g/mol. The van der Waals surface area contributed by atoms with Gasteiger partial charge >= 0.3 is 0 Å². The largest absolute Gasteiger partial charge is 0.316 e. The maximum atomic E-state index is 12.4. The quantitative estimate of drug-likeness (QED) is 0.810. The number of hydrogen-bond acceptors (Lipinski definition) is 4. The summed E-state index contributed by atoms with van der Waals surface area (Å²) in [5.74, 6) is 1.10. The molecule has 4 nitrogen and oxygen atoms in total. The molecule has 1 aromatic carbocycles. The molecule has 1 saturated heterocycles. The minimum atomic E-state index is -3.62. The van der Waals surface area contributed by atoms with E-state index in [2.05, 4.69) is 10.0 Å². The van der Waals surface area contributed by atoms with Gasteiger partial charge in [-0.1, -0.05) is 23.2 Å². The molecule has 118 valence electrons. The van der Waals surface area contributed by atoms with Crippen molar-refractivity contribution in [2.24, 2.45) is 0 Å². The zero-order valence-corrected chi connectivity index (χ0v) is 14.8. The Morgan fingerprint density at radius 2 is 2.14 bits per heavy atom. The number of nitrogens with one attached hydrogen (secondary N) is 2. The maximum absolute atomic E-state index is 12.4. The molecule has 8 heteroatoms. The average molecular weight is 369 g/mol. The molecule has 1 heterocycles. The van der Waals surface area contributed by atoms with Crippen LogP contribution in [0.3, 0.4) is 0 Å². The first-order valence-electron chi connectivity index (χ1n) is 6.68. The van der Waals surface area contributed by atoms with E-state index in [0.29, 0.717) is 28.9 Å². The second kappa shape index (κ2) is 7.53. The van der Waals surface area contributed by atoms with Gasteiger partial charge in [0.1, 0.15) is 4.90 Å². The van der Waals surface area contributed by atoms with Crippen LogP contribution in [0.2, 0.25) is 10.0 Å². The van der Waals surface area contributed by atoms with Crippen molar-refractivity contribution in [3.05, 3.63) is 27.7 Å². The Morgan fingerprint density at radius 3 is 2.76 bits per heavy atom. The van der Waals surface area contributed by atoms with Crippen molar-refractivity contribution >= 4 is 45.0 Å². The van der Waals surface area contributed by atoms with Crippen LogP contribution < -0.4 is 10.0 Å². The number of rotatable bonds is 6. The van der Waals surface area contributed by atoms with Gasteiger partial charge in [0.15, 0.2) is 0 Å². The Kier molecular flexibility index (Phi) is 6.23. The number of hydrogen-bond donors (Lipinski definition) is 2. The Hall–Kier alpha value is 0.0200. The molecule has 2 rings (SSSR count). The summed E-state index contributed by atoms with van der Waals surface area (Å²) in [5.41, 5.74) is 0.596. The minimum Gasteiger partial charge on any atom is -0.316 e. The predicted molar refractivity (Wildman–Crippen MR) is 89.9 cm³/mol. The van der Waals surface area contributed by atoms with E-state index in [-0.39, 0.29) is 9.92 Å². The van der Waals surface area contributed by atoms with Gasteiger partial charge in [0, 0.05) is 28.9 Å². The highest BCUT2D eigenvalue weighted by atomic mass is 35.5. The molecular weight excluding hydrogens is 351 g/mol. The number of sulfonamides is 1. The van der Waals surface area contributed by atoms with E-state index >= 15 is 0 Å². The molecular formula is C13H18Cl2N2O2S2. The fraction of sp³-hybridized carbons (Fsp3) is 0.538. The molecule has 0 radical (unpaired) electrons. The molecule has 0 spiro atoms. The lowest BCUT2D eigenvalue weighted by Gasteiger charge is -2.14. The van der Waals surface area contributed by atoms with Gasteiger partial charge in [0.2, 0.25) is 10.0 Å². The van der Waals surface area contributed by atoms with Crippen LogP contribution >= 0.6 is 35.0 Å². The van der Waals surface area contributed by atoms with Crippen molar-refractivity contribution in [1.82, 2.24) is 10.0 Å². The normalized spacial score (nSPS) is 19.1. The lowest BCUT2D eigenvalue weighted by Crippen LogP contribution is -2.30. The molecule has 0 aromatic heterocycles. The Balaban J connectivity index is 2.20. The summed E-state index contributed by atoms with van der Waals surface area (Å²) >= 11 is 14.1. The molecule has 2 N–H and O–H groups in total. The van der Waals surface area contributed by atoms with Crippen molar-refractivity contribution in [3.63, 3.8) is 0 Å². The highest BCUT2D eigenvalue weighted by Crippen LogP contribution is 2.31. The van der Waals surface area contributed by atoms with E-state index in [4.69, 9.17) is 23.2 Å². The topological polar surface area (TPSA) is 58.2 Å². The third kappa shape index (κ3) is 4.27. The van der Waals surface area contributed by atoms with Crippen LogP contribution in [0.25, 0.3) is 0 Å². The summed E-state index contributed by atoms with van der Waals surface area (Å²) in [5, 5.41) is 3.93. The van der Waals surface area contributed by atoms with Gasteiger partial charge in [0.05, 0.1) is 5.02 Å². The average Bonchev–Trinajstić information content (AvgIpc) is 2.94. The zero-order chi connectivity index (χ0) is 15.5. The predicted octanol–water partition coefficient (Wildman–Crippen LogP) is 2.89. The van der Waals surface area contributed by atoms with Gasteiger partial charge in [-0.05, 0) is 37.8 Å². The second-order valence-electron chi connectivity index (χ2n) is 4.86. The van der Waals surface area contributed by atoms with Crippen LogP contribution in [0.5, 0.6) is 0 Å². The van der Waals surface area contributed by atoms with Crippen LogP contribution in [-0.4, -0.2) is 33.0 Å². The van der Waals surface area contributed by atoms with Gasteiger partial charge in [-0.3, -0.25) is 0 Å². The molecule has 1 aliphatic heterocycles. The summed E-state index contributed by atoms with van der Waals surface area (Å²) in [4.78, 5) is 0.0850. The van der Waals surface area contributed by atoms with Crippen LogP contribution in [0, 0.1) is 0 Å². The van der Waals surface area contributed by atoms with Gasteiger partial charge in [-0.25, -0.2) is 13.1 Å². The van der Waals surface area contributed by atoms with Crippen molar-refractivity contribution in [2.45, 2.75) is 29.5 Å². The van der Waals surface area contributed by atoms with E-state index in [1.165, 1.54) is 6.07 Å². The third-order valence-corrected chi connectivity index (χ3v) is 7.08. The molecule has 1 aliphatic rings. The van der Waals surface area contributed by atoms with Gasteiger partial charge in [-0.2, -0.15) is 11.8 Å². The summed E-state index contributed by atoms with van der Waals surface area (Å²) in [6, 6.07) is 3.02. The first-order chi connectivity index (χ1) is 9.95. The minimum absolute atomic E-state index is 0.0850. The Labute approximate surface area is 140 Å². The molecule has 1 aromatic rings. The summed E-state index contributed by atoms with van der Waals surface area (Å²) in [6.07, 6.45) is 2.19. The first-order valence-corrected chi connectivity index (χ1v) is 9.97. The standard InChI is InChI=1S/C13H18Cl2N2O2S2/c1-16-8-10-11(14)4-5-12(13(10)15)21(18,19)17-7-9-3-2-6-20-9/h4-5,9,16-17H,2-3,6-8H2,1H3.